The van der Waals surface area contributed by atoms with Crippen molar-refractivity contribution in [2.24, 2.45) is 0 Å². The smallest absolute Gasteiger partial charge is 0.123 e. The summed E-state index contributed by atoms with van der Waals surface area (Å²) in [7, 11) is 0.741. The van der Waals surface area contributed by atoms with Crippen molar-refractivity contribution in [3.05, 3.63) is 29.3 Å². The van der Waals surface area contributed by atoms with E-state index in [9.17, 15) is 0 Å². The molecule has 0 aliphatic heterocycles. The van der Waals surface area contributed by atoms with Gasteiger partial charge in [-0.05, 0) is 38.2 Å². The van der Waals surface area contributed by atoms with E-state index < -0.39 is 0 Å². The normalized spacial score (nSPS) is 10.7. The van der Waals surface area contributed by atoms with Crippen LogP contribution >= 0.6 is 8.73 Å². The van der Waals surface area contributed by atoms with Crippen LogP contribution in [-0.4, -0.2) is 31.5 Å². The Kier molecular flexibility index (Phi) is 7.36. The van der Waals surface area contributed by atoms with E-state index >= 15 is 0 Å². The van der Waals surface area contributed by atoms with Gasteiger partial charge >= 0.3 is 0 Å². The van der Waals surface area contributed by atoms with Crippen LogP contribution in [-0.2, 0) is 6.42 Å². The first-order valence-corrected chi connectivity index (χ1v) is 7.48. The lowest BCUT2D eigenvalue weighted by Crippen LogP contribution is -2.08. The summed E-state index contributed by atoms with van der Waals surface area (Å²) >= 11 is 0. The Bertz CT molecular complexity index is 404. The molecule has 0 fully saturated rings. The van der Waals surface area contributed by atoms with E-state index in [0.29, 0.717) is 11.3 Å². The van der Waals surface area contributed by atoms with E-state index in [-0.39, 0.29) is 13.2 Å². The Labute approximate surface area is 110 Å². The van der Waals surface area contributed by atoms with Gasteiger partial charge in [0, 0.05) is 5.56 Å². The fourth-order valence-corrected chi connectivity index (χ4v) is 2.12. The fourth-order valence-electron chi connectivity index (χ4n) is 1.70. The van der Waals surface area contributed by atoms with E-state index in [0.717, 1.165) is 33.7 Å². The second kappa shape index (κ2) is 8.88. The van der Waals surface area contributed by atoms with Crippen LogP contribution in [0, 0.1) is 11.3 Å². The fraction of sp³-hybridized carbons (Fsp3) is 0.462. The van der Waals surface area contributed by atoms with Crippen molar-refractivity contribution >= 4 is 8.73 Å². The van der Waals surface area contributed by atoms with Gasteiger partial charge in [0.25, 0.3) is 0 Å². The number of hydrogen-bond donors (Lipinski definition) is 2. The molecule has 0 heterocycles. The minimum atomic E-state index is -0.0191. The zero-order valence-corrected chi connectivity index (χ0v) is 11.6. The molecule has 2 N–H and O–H groups in total. The summed E-state index contributed by atoms with van der Waals surface area (Å²) in [6.07, 6.45) is 1.77. The summed E-state index contributed by atoms with van der Waals surface area (Å²) < 4.78 is 5.47. The van der Waals surface area contributed by atoms with Gasteiger partial charge in [0.1, 0.15) is 12.4 Å². The van der Waals surface area contributed by atoms with Crippen molar-refractivity contribution in [2.75, 3.05) is 26.4 Å². The van der Waals surface area contributed by atoms with Crippen molar-refractivity contribution in [1.29, 1.82) is 5.26 Å². The molecule has 0 amide bonds. The Morgan fingerprint density at radius 3 is 3.00 bits per heavy atom. The molecule has 0 saturated carbocycles. The van der Waals surface area contributed by atoms with Gasteiger partial charge in [-0.1, -0.05) is 14.8 Å². The number of nitrogens with one attached hydrogen (secondary N) is 1. The summed E-state index contributed by atoms with van der Waals surface area (Å²) in [6, 6.07) is 7.65. The predicted molar refractivity (Wildman–Crippen MR) is 74.3 cm³/mol. The highest BCUT2D eigenvalue weighted by molar-refractivity contribution is 7.34. The van der Waals surface area contributed by atoms with Crippen molar-refractivity contribution in [3.63, 3.8) is 0 Å². The van der Waals surface area contributed by atoms with Crippen LogP contribution in [0.5, 0.6) is 5.75 Å². The quantitative estimate of drug-likeness (QED) is 0.555. The van der Waals surface area contributed by atoms with E-state index in [1.54, 1.807) is 12.1 Å². The zero-order valence-electron chi connectivity index (χ0n) is 10.6. The number of aliphatic hydroxyl groups is 1. The monoisotopic (exact) mass is 266 g/mol. The lowest BCUT2D eigenvalue weighted by atomic mass is 10.0. The standard InChI is InChI=1S/C13H19N2O2P/c1-18-15-7-3-5-12-11(10-14)4-2-6-13(12)17-9-8-16/h2,4,6,15-16,18H,3,5,7-9H2,1H3. The summed E-state index contributed by atoms with van der Waals surface area (Å²) in [5.74, 6) is 0.710. The molecule has 1 rings (SSSR count). The Balaban J connectivity index is 2.73. The summed E-state index contributed by atoms with van der Waals surface area (Å²) in [5.41, 5.74) is 1.60. The molecule has 0 bridgehead atoms. The third-order valence-electron chi connectivity index (χ3n) is 2.51. The average Bonchev–Trinajstić information content (AvgIpc) is 2.41. The van der Waals surface area contributed by atoms with E-state index in [4.69, 9.17) is 15.1 Å². The van der Waals surface area contributed by atoms with Gasteiger partial charge in [0.2, 0.25) is 0 Å². The highest BCUT2D eigenvalue weighted by Gasteiger charge is 2.09. The zero-order chi connectivity index (χ0) is 13.2. The van der Waals surface area contributed by atoms with Crippen LogP contribution in [0.15, 0.2) is 18.2 Å². The number of hydrogen-bond acceptors (Lipinski definition) is 4. The van der Waals surface area contributed by atoms with Crippen LogP contribution < -0.4 is 9.82 Å². The lowest BCUT2D eigenvalue weighted by molar-refractivity contribution is 0.200. The molecule has 4 nitrogen and oxygen atoms in total. The molecule has 1 unspecified atom stereocenters. The van der Waals surface area contributed by atoms with Crippen molar-refractivity contribution in [2.45, 2.75) is 12.8 Å². The second-order valence-electron chi connectivity index (χ2n) is 3.75. The van der Waals surface area contributed by atoms with Crippen LogP contribution in [0.1, 0.15) is 17.5 Å². The van der Waals surface area contributed by atoms with Crippen LogP contribution in [0.2, 0.25) is 0 Å². The summed E-state index contributed by atoms with van der Waals surface area (Å²) in [6.45, 7) is 3.28. The first-order valence-electron chi connectivity index (χ1n) is 5.98. The van der Waals surface area contributed by atoms with Crippen molar-refractivity contribution in [3.8, 4) is 11.8 Å². The molecular weight excluding hydrogens is 247 g/mol. The molecule has 0 aromatic heterocycles. The summed E-state index contributed by atoms with van der Waals surface area (Å²) in [5, 5.41) is 21.2. The SMILES string of the molecule is CPNCCCc1c(C#N)cccc1OCCO. The number of benzene rings is 1. The molecule has 0 aliphatic carbocycles. The topological polar surface area (TPSA) is 65.3 Å². The van der Waals surface area contributed by atoms with Crippen molar-refractivity contribution in [1.82, 2.24) is 5.09 Å². The van der Waals surface area contributed by atoms with Gasteiger partial charge < -0.3 is 9.84 Å². The van der Waals surface area contributed by atoms with Gasteiger partial charge in [-0.2, -0.15) is 5.26 Å². The minimum Gasteiger partial charge on any atom is -0.491 e. The number of ether oxygens (including phenoxy) is 1. The van der Waals surface area contributed by atoms with Gasteiger partial charge in [-0.3, -0.25) is 5.09 Å². The highest BCUT2D eigenvalue weighted by Crippen LogP contribution is 2.23. The Morgan fingerprint density at radius 2 is 2.33 bits per heavy atom. The maximum Gasteiger partial charge on any atom is 0.123 e. The van der Waals surface area contributed by atoms with E-state index in [1.807, 2.05) is 6.07 Å². The molecule has 5 heteroatoms. The molecule has 1 aromatic carbocycles. The molecule has 1 aromatic rings. The Morgan fingerprint density at radius 1 is 1.50 bits per heavy atom. The first-order chi connectivity index (χ1) is 8.83. The van der Waals surface area contributed by atoms with Crippen LogP contribution in [0.25, 0.3) is 0 Å². The predicted octanol–water partition coefficient (Wildman–Crippen LogP) is 1.67. The molecule has 0 aliphatic rings. The molecular formula is C13H19N2O2P. The van der Waals surface area contributed by atoms with E-state index in [1.165, 1.54) is 0 Å². The number of rotatable bonds is 8. The maximum absolute atomic E-state index is 9.10. The first kappa shape index (κ1) is 14.9. The third kappa shape index (κ3) is 4.62. The molecule has 18 heavy (non-hydrogen) atoms. The molecule has 0 saturated heterocycles. The third-order valence-corrected chi connectivity index (χ3v) is 3.11. The molecule has 0 radical (unpaired) electrons. The number of nitrogens with zero attached hydrogens (tertiary/aromatic N) is 1. The second-order valence-corrected chi connectivity index (χ2v) is 4.60. The number of nitriles is 1. The molecule has 98 valence electrons. The number of aliphatic hydroxyl groups excluding tert-OH is 1. The van der Waals surface area contributed by atoms with Gasteiger partial charge in [-0.15, -0.1) is 0 Å². The van der Waals surface area contributed by atoms with Gasteiger partial charge in [-0.25, -0.2) is 0 Å². The highest BCUT2D eigenvalue weighted by atomic mass is 31.1. The van der Waals surface area contributed by atoms with Gasteiger partial charge in [0.15, 0.2) is 0 Å². The van der Waals surface area contributed by atoms with Crippen LogP contribution in [0.3, 0.4) is 0 Å². The summed E-state index contributed by atoms with van der Waals surface area (Å²) in [4.78, 5) is 0. The largest absolute Gasteiger partial charge is 0.491 e. The van der Waals surface area contributed by atoms with Gasteiger partial charge in [0.05, 0.1) is 18.2 Å². The van der Waals surface area contributed by atoms with Crippen molar-refractivity contribution < 1.29 is 9.84 Å². The molecule has 1 atom stereocenters. The Hall–Kier alpha value is -1.14. The average molecular weight is 266 g/mol. The lowest BCUT2D eigenvalue weighted by Gasteiger charge is -2.12. The minimum absolute atomic E-state index is 0.0191. The molecule has 0 spiro atoms. The maximum atomic E-state index is 9.10. The van der Waals surface area contributed by atoms with Crippen LogP contribution in [0.4, 0.5) is 0 Å². The van der Waals surface area contributed by atoms with E-state index in [2.05, 4.69) is 17.8 Å².